The second kappa shape index (κ2) is 6.13. The SMILES string of the molecule is COC(=O)C1CCc2nnc(COc3ccccc3F)n2C1. The molecule has 3 rings (SSSR count). The van der Waals surface area contributed by atoms with E-state index in [0.717, 1.165) is 5.82 Å². The van der Waals surface area contributed by atoms with E-state index in [-0.39, 0.29) is 24.2 Å². The molecule has 0 fully saturated rings. The van der Waals surface area contributed by atoms with Crippen molar-refractivity contribution in [1.29, 1.82) is 0 Å². The van der Waals surface area contributed by atoms with E-state index in [0.29, 0.717) is 25.2 Å². The summed E-state index contributed by atoms with van der Waals surface area (Å²) in [5.41, 5.74) is 0. The molecule has 0 bridgehead atoms. The van der Waals surface area contributed by atoms with Crippen LogP contribution in [0, 0.1) is 11.7 Å². The van der Waals surface area contributed by atoms with Gasteiger partial charge >= 0.3 is 5.97 Å². The molecule has 0 N–H and O–H groups in total. The number of methoxy groups -OCH3 is 1. The van der Waals surface area contributed by atoms with Crippen LogP contribution in [0.1, 0.15) is 18.1 Å². The van der Waals surface area contributed by atoms with Crippen molar-refractivity contribution in [3.8, 4) is 5.75 Å². The van der Waals surface area contributed by atoms with Crippen molar-refractivity contribution in [2.45, 2.75) is 26.0 Å². The van der Waals surface area contributed by atoms with Gasteiger partial charge in [-0.2, -0.15) is 0 Å². The highest BCUT2D eigenvalue weighted by molar-refractivity contribution is 5.72. The smallest absolute Gasteiger partial charge is 0.310 e. The summed E-state index contributed by atoms with van der Waals surface area (Å²) in [7, 11) is 1.38. The summed E-state index contributed by atoms with van der Waals surface area (Å²) in [6.07, 6.45) is 1.35. The molecule has 1 unspecified atom stereocenters. The molecule has 0 saturated carbocycles. The maximum absolute atomic E-state index is 13.5. The highest BCUT2D eigenvalue weighted by Crippen LogP contribution is 2.22. The Morgan fingerprint density at radius 1 is 1.41 bits per heavy atom. The first-order chi connectivity index (χ1) is 10.7. The van der Waals surface area contributed by atoms with Crippen molar-refractivity contribution in [3.63, 3.8) is 0 Å². The first-order valence-corrected chi connectivity index (χ1v) is 7.05. The van der Waals surface area contributed by atoms with Gasteiger partial charge in [0.05, 0.1) is 13.0 Å². The summed E-state index contributed by atoms with van der Waals surface area (Å²) < 4.78 is 25.6. The van der Waals surface area contributed by atoms with Crippen LogP contribution in [0.3, 0.4) is 0 Å². The van der Waals surface area contributed by atoms with Gasteiger partial charge in [-0.1, -0.05) is 12.1 Å². The second-order valence-corrected chi connectivity index (χ2v) is 5.12. The number of rotatable bonds is 4. The first-order valence-electron chi connectivity index (χ1n) is 7.05. The number of fused-ring (bicyclic) bond motifs is 1. The molecule has 116 valence electrons. The van der Waals surface area contributed by atoms with E-state index >= 15 is 0 Å². The normalized spacial score (nSPS) is 16.9. The van der Waals surface area contributed by atoms with Gasteiger partial charge in [-0.25, -0.2) is 4.39 Å². The zero-order valence-electron chi connectivity index (χ0n) is 12.2. The van der Waals surface area contributed by atoms with Crippen molar-refractivity contribution in [2.24, 2.45) is 5.92 Å². The van der Waals surface area contributed by atoms with Crippen molar-refractivity contribution in [2.75, 3.05) is 7.11 Å². The van der Waals surface area contributed by atoms with Gasteiger partial charge < -0.3 is 14.0 Å². The number of aromatic nitrogens is 3. The highest BCUT2D eigenvalue weighted by Gasteiger charge is 2.28. The van der Waals surface area contributed by atoms with Crippen LogP contribution in [0.25, 0.3) is 0 Å². The molecule has 6 nitrogen and oxygen atoms in total. The second-order valence-electron chi connectivity index (χ2n) is 5.12. The van der Waals surface area contributed by atoms with Crippen LogP contribution >= 0.6 is 0 Å². The molecule has 1 aromatic carbocycles. The summed E-state index contributed by atoms with van der Waals surface area (Å²) in [4.78, 5) is 11.7. The van der Waals surface area contributed by atoms with Crippen molar-refractivity contribution in [1.82, 2.24) is 14.8 Å². The Morgan fingerprint density at radius 2 is 2.23 bits per heavy atom. The lowest BCUT2D eigenvalue weighted by Gasteiger charge is -2.22. The molecule has 0 radical (unpaired) electrons. The number of benzene rings is 1. The van der Waals surface area contributed by atoms with Gasteiger partial charge in [0.25, 0.3) is 0 Å². The van der Waals surface area contributed by atoms with Crippen molar-refractivity contribution >= 4 is 5.97 Å². The van der Waals surface area contributed by atoms with Crippen LogP contribution in [0.4, 0.5) is 4.39 Å². The molecule has 1 aromatic heterocycles. The third kappa shape index (κ3) is 2.79. The van der Waals surface area contributed by atoms with E-state index in [1.807, 2.05) is 4.57 Å². The number of carbonyl (C=O) groups excluding carboxylic acids is 1. The van der Waals surface area contributed by atoms with Gasteiger partial charge in [0, 0.05) is 13.0 Å². The Hall–Kier alpha value is -2.44. The van der Waals surface area contributed by atoms with Crippen LogP contribution in [0.5, 0.6) is 5.75 Å². The van der Waals surface area contributed by atoms with Gasteiger partial charge in [0.15, 0.2) is 17.4 Å². The van der Waals surface area contributed by atoms with Crippen LogP contribution in [0.2, 0.25) is 0 Å². The van der Waals surface area contributed by atoms with Crippen LogP contribution in [-0.2, 0) is 29.1 Å². The fourth-order valence-electron chi connectivity index (χ4n) is 2.55. The number of para-hydroxylation sites is 1. The predicted molar refractivity (Wildman–Crippen MR) is 74.6 cm³/mol. The van der Waals surface area contributed by atoms with E-state index in [4.69, 9.17) is 9.47 Å². The summed E-state index contributed by atoms with van der Waals surface area (Å²) >= 11 is 0. The quantitative estimate of drug-likeness (QED) is 0.805. The minimum absolute atomic E-state index is 0.0990. The lowest BCUT2D eigenvalue weighted by molar-refractivity contribution is -0.146. The van der Waals surface area contributed by atoms with E-state index in [2.05, 4.69) is 10.2 Å². The number of aryl methyl sites for hydroxylation is 1. The van der Waals surface area contributed by atoms with Crippen LogP contribution in [-0.4, -0.2) is 27.8 Å². The molecular weight excluding hydrogens is 289 g/mol. The maximum atomic E-state index is 13.5. The van der Waals surface area contributed by atoms with E-state index in [1.165, 1.54) is 13.2 Å². The Labute approximate surface area is 126 Å². The molecule has 0 spiro atoms. The third-order valence-electron chi connectivity index (χ3n) is 3.75. The molecule has 0 saturated heterocycles. The number of hydrogen-bond donors (Lipinski definition) is 0. The van der Waals surface area contributed by atoms with E-state index in [1.54, 1.807) is 18.2 Å². The van der Waals surface area contributed by atoms with Gasteiger partial charge in [0.1, 0.15) is 12.4 Å². The minimum Gasteiger partial charge on any atom is -0.483 e. The monoisotopic (exact) mass is 305 g/mol. The lowest BCUT2D eigenvalue weighted by atomic mass is 9.99. The average molecular weight is 305 g/mol. The number of nitrogens with zero attached hydrogens (tertiary/aromatic N) is 3. The fraction of sp³-hybridized carbons (Fsp3) is 0.400. The zero-order valence-corrected chi connectivity index (χ0v) is 12.2. The predicted octanol–water partition coefficient (Wildman–Crippen LogP) is 1.73. The molecule has 1 atom stereocenters. The summed E-state index contributed by atoms with van der Waals surface area (Å²) in [6, 6.07) is 6.19. The molecule has 2 aromatic rings. The topological polar surface area (TPSA) is 66.2 Å². The number of carbonyl (C=O) groups is 1. The molecule has 0 amide bonds. The first kappa shape index (κ1) is 14.5. The zero-order chi connectivity index (χ0) is 15.5. The molecule has 2 heterocycles. The molecule has 7 heteroatoms. The van der Waals surface area contributed by atoms with Gasteiger partial charge in [0.2, 0.25) is 0 Å². The summed E-state index contributed by atoms with van der Waals surface area (Å²) in [5, 5.41) is 8.17. The number of ether oxygens (including phenoxy) is 2. The third-order valence-corrected chi connectivity index (χ3v) is 3.75. The molecule has 22 heavy (non-hydrogen) atoms. The Kier molecular flexibility index (Phi) is 4.04. The Balaban J connectivity index is 1.73. The van der Waals surface area contributed by atoms with Crippen LogP contribution in [0.15, 0.2) is 24.3 Å². The van der Waals surface area contributed by atoms with Crippen molar-refractivity contribution < 1.29 is 18.7 Å². The largest absolute Gasteiger partial charge is 0.483 e. The van der Waals surface area contributed by atoms with Gasteiger partial charge in [-0.3, -0.25) is 4.79 Å². The van der Waals surface area contributed by atoms with E-state index < -0.39 is 5.82 Å². The van der Waals surface area contributed by atoms with E-state index in [9.17, 15) is 9.18 Å². The standard InChI is InChI=1S/C15H16FN3O3/c1-21-15(20)10-6-7-13-17-18-14(19(13)8-10)9-22-12-5-3-2-4-11(12)16/h2-5,10H,6-9H2,1H3. The van der Waals surface area contributed by atoms with Gasteiger partial charge in [-0.15, -0.1) is 10.2 Å². The van der Waals surface area contributed by atoms with Crippen molar-refractivity contribution in [3.05, 3.63) is 41.7 Å². The van der Waals surface area contributed by atoms with Gasteiger partial charge in [-0.05, 0) is 18.6 Å². The number of halogens is 1. The Morgan fingerprint density at radius 3 is 3.00 bits per heavy atom. The summed E-state index contributed by atoms with van der Waals surface area (Å²) in [5.74, 6) is 0.689. The molecule has 0 aliphatic carbocycles. The lowest BCUT2D eigenvalue weighted by Crippen LogP contribution is -2.29. The summed E-state index contributed by atoms with van der Waals surface area (Å²) in [6.45, 7) is 0.562. The molecule has 1 aliphatic rings. The average Bonchev–Trinajstić information content (AvgIpc) is 2.95. The number of esters is 1. The highest BCUT2D eigenvalue weighted by atomic mass is 19.1. The molecular formula is C15H16FN3O3. The van der Waals surface area contributed by atoms with Crippen LogP contribution < -0.4 is 4.74 Å². The molecule has 1 aliphatic heterocycles. The maximum Gasteiger partial charge on any atom is 0.310 e. The number of hydrogen-bond acceptors (Lipinski definition) is 5. The Bertz CT molecular complexity index is 686. The fourth-order valence-corrected chi connectivity index (χ4v) is 2.55. The minimum atomic E-state index is -0.423.